The number of unbranched alkanes of at least 4 members (excludes halogenated alkanes) is 1. The number of carbonyl (C=O) groups is 1. The second-order valence-electron chi connectivity index (χ2n) is 3.78. The van der Waals surface area contributed by atoms with Crippen LogP contribution in [0.1, 0.15) is 37.8 Å². The van der Waals surface area contributed by atoms with Crippen molar-refractivity contribution < 1.29 is 9.53 Å². The zero-order valence-corrected chi connectivity index (χ0v) is 10.7. The molecule has 0 bridgehead atoms. The molecule has 0 amide bonds. The van der Waals surface area contributed by atoms with Crippen LogP contribution in [0.2, 0.25) is 0 Å². The number of hydrogen-bond donors (Lipinski definition) is 0. The largest absolute Gasteiger partial charge is 0.466 e. The Bertz CT molecular complexity index is 284. The first-order chi connectivity index (χ1) is 7.57. The number of esters is 1. The summed E-state index contributed by atoms with van der Waals surface area (Å²) < 4.78 is 4.64. The lowest BCUT2D eigenvalue weighted by atomic mass is 10.1. The SMILES string of the molecule is CCCCOC(C)=O.Cc1ccccc1C. The normalized spacial score (nSPS) is 9.00. The van der Waals surface area contributed by atoms with Gasteiger partial charge in [0.2, 0.25) is 0 Å². The monoisotopic (exact) mass is 222 g/mol. The summed E-state index contributed by atoms with van der Waals surface area (Å²) in [6.07, 6.45) is 2.05. The van der Waals surface area contributed by atoms with Gasteiger partial charge in [0.1, 0.15) is 0 Å². The van der Waals surface area contributed by atoms with E-state index in [1.165, 1.54) is 18.1 Å². The van der Waals surface area contributed by atoms with E-state index >= 15 is 0 Å². The van der Waals surface area contributed by atoms with E-state index in [0.717, 1.165) is 12.8 Å². The minimum Gasteiger partial charge on any atom is -0.466 e. The van der Waals surface area contributed by atoms with Crippen LogP contribution in [0.4, 0.5) is 0 Å². The van der Waals surface area contributed by atoms with E-state index < -0.39 is 0 Å². The molecule has 0 atom stereocenters. The number of ether oxygens (including phenoxy) is 1. The summed E-state index contributed by atoms with van der Waals surface area (Å²) in [6.45, 7) is 8.30. The fraction of sp³-hybridized carbons (Fsp3) is 0.500. The highest BCUT2D eigenvalue weighted by atomic mass is 16.5. The maximum Gasteiger partial charge on any atom is 0.302 e. The van der Waals surface area contributed by atoms with E-state index in [0.29, 0.717) is 6.61 Å². The first kappa shape index (κ1) is 14.7. The molecule has 1 rings (SSSR count). The van der Waals surface area contributed by atoms with Gasteiger partial charge in [-0.2, -0.15) is 0 Å². The second-order valence-corrected chi connectivity index (χ2v) is 3.78. The van der Waals surface area contributed by atoms with Gasteiger partial charge in [0.25, 0.3) is 0 Å². The minimum atomic E-state index is -0.182. The molecule has 2 nitrogen and oxygen atoms in total. The molecule has 0 aliphatic heterocycles. The Kier molecular flexibility index (Phi) is 8.22. The van der Waals surface area contributed by atoms with E-state index in [2.05, 4.69) is 49.8 Å². The lowest BCUT2D eigenvalue weighted by molar-refractivity contribution is -0.141. The molecule has 90 valence electrons. The number of benzene rings is 1. The Labute approximate surface area is 98.6 Å². The molecule has 0 radical (unpaired) electrons. The van der Waals surface area contributed by atoms with Gasteiger partial charge in [-0.25, -0.2) is 0 Å². The molecule has 0 aliphatic rings. The van der Waals surface area contributed by atoms with E-state index in [1.807, 2.05) is 0 Å². The van der Waals surface area contributed by atoms with Gasteiger partial charge < -0.3 is 4.74 Å². The molecule has 2 heteroatoms. The summed E-state index contributed by atoms with van der Waals surface area (Å²) in [5.41, 5.74) is 2.74. The molecule has 0 aliphatic carbocycles. The molecule has 0 saturated carbocycles. The quantitative estimate of drug-likeness (QED) is 0.576. The predicted octanol–water partition coefficient (Wildman–Crippen LogP) is 3.65. The number of hydrogen-bond acceptors (Lipinski definition) is 2. The van der Waals surface area contributed by atoms with Crippen molar-refractivity contribution >= 4 is 5.97 Å². The molecule has 0 unspecified atom stereocenters. The smallest absolute Gasteiger partial charge is 0.302 e. The van der Waals surface area contributed by atoms with Gasteiger partial charge in [0, 0.05) is 6.92 Å². The van der Waals surface area contributed by atoms with Crippen LogP contribution in [0, 0.1) is 13.8 Å². The van der Waals surface area contributed by atoms with Crippen LogP contribution in [-0.4, -0.2) is 12.6 Å². The number of rotatable bonds is 3. The molecule has 16 heavy (non-hydrogen) atoms. The topological polar surface area (TPSA) is 26.3 Å². The fourth-order valence-corrected chi connectivity index (χ4v) is 1.02. The summed E-state index contributed by atoms with van der Waals surface area (Å²) >= 11 is 0. The minimum absolute atomic E-state index is 0.182. The third-order valence-electron chi connectivity index (χ3n) is 2.23. The van der Waals surface area contributed by atoms with Gasteiger partial charge >= 0.3 is 5.97 Å². The van der Waals surface area contributed by atoms with E-state index in [4.69, 9.17) is 0 Å². The van der Waals surface area contributed by atoms with Gasteiger partial charge in [-0.15, -0.1) is 0 Å². The van der Waals surface area contributed by atoms with E-state index in [9.17, 15) is 4.79 Å². The highest BCUT2D eigenvalue weighted by Crippen LogP contribution is 2.02. The van der Waals surface area contributed by atoms with Crippen molar-refractivity contribution in [3.8, 4) is 0 Å². The van der Waals surface area contributed by atoms with Crippen LogP contribution in [0.3, 0.4) is 0 Å². The zero-order valence-electron chi connectivity index (χ0n) is 10.7. The van der Waals surface area contributed by atoms with Crippen LogP contribution >= 0.6 is 0 Å². The molecule has 0 saturated heterocycles. The number of carbonyl (C=O) groups excluding carboxylic acids is 1. The van der Waals surface area contributed by atoms with Crippen LogP contribution in [0.25, 0.3) is 0 Å². The van der Waals surface area contributed by atoms with E-state index in [1.54, 1.807) is 0 Å². The molecule has 1 aromatic rings. The third-order valence-corrected chi connectivity index (χ3v) is 2.23. The maximum absolute atomic E-state index is 10.1. The molecular formula is C14H22O2. The Morgan fingerprint density at radius 1 is 1.19 bits per heavy atom. The molecule has 0 heterocycles. The van der Waals surface area contributed by atoms with Crippen molar-refractivity contribution in [2.75, 3.05) is 6.61 Å². The first-order valence-corrected chi connectivity index (χ1v) is 5.73. The maximum atomic E-state index is 10.1. The second kappa shape index (κ2) is 8.96. The summed E-state index contributed by atoms with van der Waals surface area (Å²) in [4.78, 5) is 10.1. The molecule has 0 fully saturated rings. The fourth-order valence-electron chi connectivity index (χ4n) is 1.02. The number of aryl methyl sites for hydroxylation is 2. The van der Waals surface area contributed by atoms with Gasteiger partial charge in [-0.05, 0) is 31.4 Å². The molecular weight excluding hydrogens is 200 g/mol. The van der Waals surface area contributed by atoms with Crippen molar-refractivity contribution in [2.24, 2.45) is 0 Å². The average molecular weight is 222 g/mol. The van der Waals surface area contributed by atoms with Crippen molar-refractivity contribution in [3.63, 3.8) is 0 Å². The van der Waals surface area contributed by atoms with Crippen molar-refractivity contribution in [2.45, 2.75) is 40.5 Å². The van der Waals surface area contributed by atoms with E-state index in [-0.39, 0.29) is 5.97 Å². The van der Waals surface area contributed by atoms with Crippen molar-refractivity contribution in [1.29, 1.82) is 0 Å². The summed E-state index contributed by atoms with van der Waals surface area (Å²) in [5.74, 6) is -0.182. The lowest BCUT2D eigenvalue weighted by Crippen LogP contribution is -1.99. The van der Waals surface area contributed by atoms with Crippen LogP contribution in [0.5, 0.6) is 0 Å². The summed E-state index contributed by atoms with van der Waals surface area (Å²) in [7, 11) is 0. The zero-order chi connectivity index (χ0) is 12.4. The standard InChI is InChI=1S/C8H10.C6H12O2/c1-7-5-3-4-6-8(7)2;1-3-4-5-8-6(2)7/h3-6H,1-2H3;3-5H2,1-2H3. The van der Waals surface area contributed by atoms with Crippen LogP contribution in [-0.2, 0) is 9.53 Å². The van der Waals surface area contributed by atoms with Gasteiger partial charge in [-0.3, -0.25) is 4.79 Å². The lowest BCUT2D eigenvalue weighted by Gasteiger charge is -1.96. The molecule has 1 aromatic carbocycles. The summed E-state index contributed by atoms with van der Waals surface area (Å²) in [5, 5.41) is 0. The average Bonchev–Trinajstić information content (AvgIpc) is 2.23. The van der Waals surface area contributed by atoms with Crippen LogP contribution in [0.15, 0.2) is 24.3 Å². The highest BCUT2D eigenvalue weighted by molar-refractivity contribution is 5.65. The third kappa shape index (κ3) is 8.04. The highest BCUT2D eigenvalue weighted by Gasteiger charge is 1.88. The Morgan fingerprint density at radius 3 is 2.00 bits per heavy atom. The molecule has 0 aromatic heterocycles. The van der Waals surface area contributed by atoms with Gasteiger partial charge in [0.05, 0.1) is 6.61 Å². The van der Waals surface area contributed by atoms with Crippen LogP contribution < -0.4 is 0 Å². The molecule has 0 N–H and O–H groups in total. The van der Waals surface area contributed by atoms with Crippen molar-refractivity contribution in [1.82, 2.24) is 0 Å². The van der Waals surface area contributed by atoms with Gasteiger partial charge in [0.15, 0.2) is 0 Å². The van der Waals surface area contributed by atoms with Crippen molar-refractivity contribution in [3.05, 3.63) is 35.4 Å². The van der Waals surface area contributed by atoms with Gasteiger partial charge in [-0.1, -0.05) is 37.6 Å². The molecule has 0 spiro atoms. The summed E-state index contributed by atoms with van der Waals surface area (Å²) in [6, 6.07) is 8.36. The Balaban J connectivity index is 0.000000281. The Hall–Kier alpha value is -1.31. The Morgan fingerprint density at radius 2 is 1.69 bits per heavy atom. The first-order valence-electron chi connectivity index (χ1n) is 5.73. The predicted molar refractivity (Wildman–Crippen MR) is 67.5 cm³/mol.